The Morgan fingerprint density at radius 1 is 1.42 bits per heavy atom. The highest BCUT2D eigenvalue weighted by atomic mass is 32.2. The number of nitrogens with one attached hydrogen (secondary N) is 1. The molecule has 1 aliphatic carbocycles. The maximum atomic E-state index is 13.8. The summed E-state index contributed by atoms with van der Waals surface area (Å²) in [5, 5.41) is 2.90. The first kappa shape index (κ1) is 14.1. The predicted octanol–water partition coefficient (Wildman–Crippen LogP) is 3.06. The molecule has 0 bridgehead atoms. The van der Waals surface area contributed by atoms with Gasteiger partial charge in [0.15, 0.2) is 11.6 Å². The zero-order chi connectivity index (χ0) is 14.0. The average Bonchev–Trinajstić information content (AvgIpc) is 3.20. The van der Waals surface area contributed by atoms with Gasteiger partial charge < -0.3 is 10.1 Å². The molecular weight excluding hydrogens is 272 g/mol. The van der Waals surface area contributed by atoms with Gasteiger partial charge in [0, 0.05) is 11.3 Å². The third-order valence-electron chi connectivity index (χ3n) is 3.33. The van der Waals surface area contributed by atoms with Crippen molar-refractivity contribution in [2.45, 2.75) is 17.6 Å². The Morgan fingerprint density at radius 3 is 2.63 bits per heavy atom. The topological polar surface area (TPSA) is 38.3 Å². The van der Waals surface area contributed by atoms with Gasteiger partial charge in [-0.15, -0.1) is 0 Å². The number of ether oxygens (including phenoxy) is 1. The van der Waals surface area contributed by atoms with E-state index in [-0.39, 0.29) is 10.4 Å². The number of rotatable bonds is 5. The first-order valence-electron chi connectivity index (χ1n) is 5.88. The van der Waals surface area contributed by atoms with Crippen molar-refractivity contribution >= 4 is 23.4 Å². The zero-order valence-corrected chi connectivity index (χ0v) is 11.6. The molecular formula is C13H15F2NO2S. The molecule has 6 heteroatoms. The molecule has 1 saturated carbocycles. The lowest BCUT2D eigenvalue weighted by Crippen LogP contribution is -2.19. The highest BCUT2D eigenvalue weighted by Gasteiger charge is 2.41. The number of carbonyl (C=O) groups excluding carboxylic acids is 1. The molecule has 3 nitrogen and oxygen atoms in total. The second kappa shape index (κ2) is 5.36. The molecule has 0 unspecified atom stereocenters. The summed E-state index contributed by atoms with van der Waals surface area (Å²) in [6, 6.07) is 2.59. The van der Waals surface area contributed by atoms with Crippen molar-refractivity contribution in [2.75, 3.05) is 25.2 Å². The Bertz CT molecular complexity index is 504. The Kier molecular flexibility index (Phi) is 3.99. The second-order valence-corrected chi connectivity index (χ2v) is 5.80. The van der Waals surface area contributed by atoms with Crippen LogP contribution in [0.4, 0.5) is 14.5 Å². The SMILES string of the molecule is COC(=O)c1ccc(NCC2(SC)CC2)c(F)c1F. The molecule has 0 amide bonds. The Morgan fingerprint density at radius 2 is 2.11 bits per heavy atom. The highest BCUT2D eigenvalue weighted by molar-refractivity contribution is 8.00. The number of methoxy groups -OCH3 is 1. The third-order valence-corrected chi connectivity index (χ3v) is 4.75. The van der Waals surface area contributed by atoms with Gasteiger partial charge in [-0.05, 0) is 31.2 Å². The van der Waals surface area contributed by atoms with E-state index >= 15 is 0 Å². The summed E-state index contributed by atoms with van der Waals surface area (Å²) >= 11 is 1.73. The lowest BCUT2D eigenvalue weighted by molar-refractivity contribution is 0.0594. The van der Waals surface area contributed by atoms with Gasteiger partial charge >= 0.3 is 5.97 Å². The van der Waals surface area contributed by atoms with Crippen molar-refractivity contribution < 1.29 is 18.3 Å². The van der Waals surface area contributed by atoms with Crippen molar-refractivity contribution in [2.24, 2.45) is 0 Å². The fourth-order valence-corrected chi connectivity index (χ4v) is 2.53. The van der Waals surface area contributed by atoms with Gasteiger partial charge in [0.2, 0.25) is 0 Å². The summed E-state index contributed by atoms with van der Waals surface area (Å²) in [6.45, 7) is 0.585. The molecule has 2 rings (SSSR count). The van der Waals surface area contributed by atoms with Crippen LogP contribution in [0, 0.1) is 11.6 Å². The summed E-state index contributed by atoms with van der Waals surface area (Å²) in [5.41, 5.74) is -0.318. The van der Waals surface area contributed by atoms with Crippen molar-refractivity contribution in [1.82, 2.24) is 0 Å². The first-order valence-corrected chi connectivity index (χ1v) is 7.11. The number of hydrogen-bond donors (Lipinski definition) is 1. The normalized spacial score (nSPS) is 16.0. The number of hydrogen-bond acceptors (Lipinski definition) is 4. The molecule has 0 atom stereocenters. The van der Waals surface area contributed by atoms with Gasteiger partial charge in [-0.3, -0.25) is 0 Å². The number of thioether (sulfide) groups is 1. The van der Waals surface area contributed by atoms with E-state index in [2.05, 4.69) is 10.1 Å². The molecule has 1 aromatic rings. The quantitative estimate of drug-likeness (QED) is 0.845. The lowest BCUT2D eigenvalue weighted by Gasteiger charge is -2.15. The molecule has 0 aliphatic heterocycles. The van der Waals surface area contributed by atoms with Crippen LogP contribution in [0.25, 0.3) is 0 Å². The fraction of sp³-hybridized carbons (Fsp3) is 0.462. The van der Waals surface area contributed by atoms with Crippen LogP contribution in [0.15, 0.2) is 12.1 Å². The molecule has 0 saturated heterocycles. The van der Waals surface area contributed by atoms with Crippen LogP contribution in [0.1, 0.15) is 23.2 Å². The van der Waals surface area contributed by atoms with Gasteiger partial charge in [0.05, 0.1) is 18.4 Å². The van der Waals surface area contributed by atoms with Gasteiger partial charge in [-0.25, -0.2) is 13.6 Å². The van der Waals surface area contributed by atoms with Crippen LogP contribution in [0.2, 0.25) is 0 Å². The van der Waals surface area contributed by atoms with Crippen molar-refractivity contribution in [3.05, 3.63) is 29.3 Å². The number of halogens is 2. The van der Waals surface area contributed by atoms with E-state index in [1.165, 1.54) is 12.1 Å². The summed E-state index contributed by atoms with van der Waals surface area (Å²) in [6.07, 6.45) is 4.16. The van der Waals surface area contributed by atoms with Gasteiger partial charge in [-0.2, -0.15) is 11.8 Å². The standard InChI is InChI=1S/C13H15F2NO2S/c1-18-12(17)8-3-4-9(11(15)10(8)14)16-7-13(19-2)5-6-13/h3-4,16H,5-7H2,1-2H3. The smallest absolute Gasteiger partial charge is 0.340 e. The van der Waals surface area contributed by atoms with Crippen LogP contribution in [0.5, 0.6) is 0 Å². The first-order chi connectivity index (χ1) is 9.03. The maximum Gasteiger partial charge on any atom is 0.340 e. The van der Waals surface area contributed by atoms with Crippen LogP contribution >= 0.6 is 11.8 Å². The van der Waals surface area contributed by atoms with E-state index in [0.717, 1.165) is 20.0 Å². The monoisotopic (exact) mass is 287 g/mol. The van der Waals surface area contributed by atoms with E-state index in [9.17, 15) is 13.6 Å². The minimum atomic E-state index is -1.18. The molecule has 0 radical (unpaired) electrons. The third kappa shape index (κ3) is 2.83. The van der Waals surface area contributed by atoms with E-state index in [1.54, 1.807) is 11.8 Å². The molecule has 0 aromatic heterocycles. The van der Waals surface area contributed by atoms with E-state index in [1.807, 2.05) is 6.26 Å². The van der Waals surface area contributed by atoms with Crippen LogP contribution in [-0.2, 0) is 4.74 Å². The minimum absolute atomic E-state index is 0.0745. The van der Waals surface area contributed by atoms with E-state index in [4.69, 9.17) is 0 Å². The van der Waals surface area contributed by atoms with Crippen LogP contribution in [-0.4, -0.2) is 30.6 Å². The molecule has 104 valence electrons. The second-order valence-electron chi connectivity index (χ2n) is 4.52. The number of benzene rings is 1. The van der Waals surface area contributed by atoms with Crippen molar-refractivity contribution in [1.29, 1.82) is 0 Å². The Hall–Kier alpha value is -1.30. The predicted molar refractivity (Wildman–Crippen MR) is 71.7 cm³/mol. The largest absolute Gasteiger partial charge is 0.465 e. The summed E-state index contributed by atoms with van der Waals surface area (Å²) in [5.74, 6) is -3.10. The van der Waals surface area contributed by atoms with E-state index < -0.39 is 23.2 Å². The van der Waals surface area contributed by atoms with Crippen LogP contribution in [0.3, 0.4) is 0 Å². The highest BCUT2D eigenvalue weighted by Crippen LogP contribution is 2.47. The zero-order valence-electron chi connectivity index (χ0n) is 10.8. The van der Waals surface area contributed by atoms with Crippen LogP contribution < -0.4 is 5.32 Å². The molecule has 1 fully saturated rings. The fourth-order valence-electron chi connectivity index (χ4n) is 1.80. The van der Waals surface area contributed by atoms with Crippen molar-refractivity contribution in [3.63, 3.8) is 0 Å². The number of anilines is 1. The average molecular weight is 287 g/mol. The van der Waals surface area contributed by atoms with Gasteiger partial charge in [0.25, 0.3) is 0 Å². The molecule has 1 aromatic carbocycles. The van der Waals surface area contributed by atoms with Gasteiger partial charge in [0.1, 0.15) is 0 Å². The lowest BCUT2D eigenvalue weighted by atomic mass is 10.1. The molecule has 1 aliphatic rings. The summed E-state index contributed by atoms with van der Waals surface area (Å²) in [4.78, 5) is 11.2. The molecule has 19 heavy (non-hydrogen) atoms. The number of esters is 1. The molecule has 0 spiro atoms. The minimum Gasteiger partial charge on any atom is -0.465 e. The molecule has 0 heterocycles. The van der Waals surface area contributed by atoms with Crippen molar-refractivity contribution in [3.8, 4) is 0 Å². The van der Waals surface area contributed by atoms with E-state index in [0.29, 0.717) is 6.54 Å². The Balaban J connectivity index is 2.14. The van der Waals surface area contributed by atoms with Gasteiger partial charge in [-0.1, -0.05) is 0 Å². The Labute approximate surface area is 114 Å². The summed E-state index contributed by atoms with van der Waals surface area (Å²) < 4.78 is 32.0. The summed E-state index contributed by atoms with van der Waals surface area (Å²) in [7, 11) is 1.13. The molecule has 1 N–H and O–H groups in total. The maximum absolute atomic E-state index is 13.8. The number of carbonyl (C=O) groups is 1.